The first-order chi connectivity index (χ1) is 66.8. The van der Waals surface area contributed by atoms with Crippen LogP contribution in [0.5, 0.6) is 80.5 Å². The number of imide groups is 1. The van der Waals surface area contributed by atoms with Gasteiger partial charge in [-0.15, -0.1) is 5.06 Å². The second-order valence-corrected chi connectivity index (χ2v) is 48.4. The number of carboxylic acid groups (broad SMARTS) is 1. The molecule has 6 aromatic carbocycles. The molecule has 768 valence electrons. The van der Waals surface area contributed by atoms with Crippen LogP contribution in [-0.2, 0) is 56.9 Å². The van der Waals surface area contributed by atoms with Crippen LogP contribution in [0.4, 0.5) is 22.7 Å². The van der Waals surface area contributed by atoms with Gasteiger partial charge < -0.3 is 124 Å². The molecule has 12 rings (SSSR count). The molecule has 0 bridgehead atoms. The summed E-state index contributed by atoms with van der Waals surface area (Å²) in [6, 6.07) is 22.6. The molecule has 3 saturated heterocycles. The number of amides is 2. The van der Waals surface area contributed by atoms with E-state index < -0.39 is 29.7 Å². The molecule has 3 aliphatic heterocycles. The van der Waals surface area contributed by atoms with Crippen molar-refractivity contribution in [2.75, 3.05) is 251 Å². The predicted molar refractivity (Wildman–Crippen MR) is 559 cm³/mol. The number of ether oxygens (including phenoxy) is 20. The van der Waals surface area contributed by atoms with Gasteiger partial charge in [0.15, 0.2) is 0 Å². The second-order valence-electron chi connectivity index (χ2n) is 32.2. The summed E-state index contributed by atoms with van der Waals surface area (Å²) in [5.74, 6) is 7.79. The number of carboxylic acids is 1. The zero-order valence-corrected chi connectivity index (χ0v) is 90.9. The second kappa shape index (κ2) is 53.9. The van der Waals surface area contributed by atoms with Gasteiger partial charge in [0, 0.05) is 186 Å². The number of methoxy groups -OCH3 is 20. The summed E-state index contributed by atoms with van der Waals surface area (Å²) >= 11 is 5.30. The summed E-state index contributed by atoms with van der Waals surface area (Å²) in [7, 11) is 49.0. The zero-order valence-electron chi connectivity index (χ0n) is 84.4. The van der Waals surface area contributed by atoms with E-state index in [0.29, 0.717) is 258 Å². The van der Waals surface area contributed by atoms with Crippen LogP contribution >= 0.6 is 37.2 Å². The van der Waals surface area contributed by atoms with Crippen molar-refractivity contribution in [3.63, 3.8) is 0 Å². The van der Waals surface area contributed by atoms with Crippen LogP contribution in [0.2, 0.25) is 0 Å². The first kappa shape index (κ1) is 115. The third kappa shape index (κ3) is 25.9. The van der Waals surface area contributed by atoms with Crippen LogP contribution in [0.3, 0.4) is 0 Å². The summed E-state index contributed by atoms with van der Waals surface area (Å²) in [4.78, 5) is 62.0. The molecule has 0 spiro atoms. The van der Waals surface area contributed by atoms with Crippen molar-refractivity contribution in [1.29, 1.82) is 0 Å². The maximum absolute atomic E-state index is 12.9. The van der Waals surface area contributed by atoms with E-state index in [1.165, 1.54) is 0 Å². The van der Waals surface area contributed by atoms with E-state index in [4.69, 9.17) is 104 Å². The number of halogens is 3. The van der Waals surface area contributed by atoms with Crippen molar-refractivity contribution < 1.29 is 151 Å². The average molecular weight is 2300 g/mol. The van der Waals surface area contributed by atoms with Crippen LogP contribution in [-0.4, -0.2) is 292 Å². The fraction of sp³-hybridized carbons (Fsp3) is 0.413. The Morgan fingerprint density at radius 1 is 0.369 bits per heavy atom. The number of benzene rings is 6. The molecular weight excluding hydrogens is 2160 g/mol. The number of aliphatic carboxylic acids is 1. The summed E-state index contributed by atoms with van der Waals surface area (Å²) < 4.78 is 129. The number of carbonyl (C=O) groups is 4. The summed E-state index contributed by atoms with van der Waals surface area (Å²) in [5.41, 5.74) is 12.6. The molecule has 3 fully saturated rings. The van der Waals surface area contributed by atoms with Gasteiger partial charge in [0.05, 0.1) is 229 Å². The van der Waals surface area contributed by atoms with Gasteiger partial charge in [0.25, 0.3) is 18.9 Å². The molecule has 37 heteroatoms. The topological polar surface area (TPSA) is 316 Å². The van der Waals surface area contributed by atoms with Gasteiger partial charge in [0.1, 0.15) is 149 Å². The van der Waals surface area contributed by atoms with Crippen LogP contribution < -0.4 is 99.2 Å². The van der Waals surface area contributed by atoms with Crippen molar-refractivity contribution in [1.82, 2.24) is 5.06 Å². The molecule has 6 aliphatic rings. The number of nitrogens with zero attached hydrogens (tertiary/aromatic N) is 7. The van der Waals surface area contributed by atoms with E-state index in [9.17, 15) is 24.3 Å². The van der Waals surface area contributed by atoms with E-state index in [2.05, 4.69) is 47.0 Å². The number of allylic oxidation sites excluding steroid dienone is 7. The molecule has 0 saturated carbocycles. The number of hydrogen-bond donors (Lipinski definition) is 1. The van der Waals surface area contributed by atoms with Gasteiger partial charge in [-0.2, -0.15) is 0 Å². The molecule has 0 aromatic heterocycles. The number of ketones is 1. The maximum atomic E-state index is 12.9. The minimum absolute atomic E-state index is 0. The fourth-order valence-electron chi connectivity index (χ4n) is 16.7. The van der Waals surface area contributed by atoms with Gasteiger partial charge in [-0.05, 0) is 25.7 Å². The third-order valence-electron chi connectivity index (χ3n) is 24.0. The van der Waals surface area contributed by atoms with Crippen molar-refractivity contribution >= 4 is 118 Å². The van der Waals surface area contributed by atoms with Gasteiger partial charge in [-0.25, -0.2) is 13.9 Å². The molecule has 1 N–H and O–H groups in total. The Labute approximate surface area is 858 Å². The van der Waals surface area contributed by atoms with Crippen molar-refractivity contribution in [2.45, 2.75) is 53.4 Å². The van der Waals surface area contributed by atoms with Crippen molar-refractivity contribution in [2.24, 2.45) is 11.8 Å². The molecule has 0 atom stereocenters. The normalized spacial score (nSPS) is 14.8. The SMILES string of the molecule is C.C.COC1=CC(=[N+](C)C)C=C(OC)C1=C(c1c(OC)cc(N(C)C)cc1OC)c1c(OC)cc(N2CCC(C(=O)O)CC2)cc1OC.COC1=CC(=[N+](C)C)C=C(OC)C1=C(c1c(OC)cc(N(C)C)cc1OC)c1c(OC)cc(N2CCC(C(=O)ON3C(=O)CCC3=O)CC2)cc1OC.COC1=CC(=[O+]C)C(=C(c2c(OC)cc(OC)cc2OC)c2c(OC)cc(OC)cc2OC)C(OC)=C1.I[I-]I. The predicted octanol–water partition coefficient (Wildman–Crippen LogP) is 13.3. The number of piperidine rings is 2. The molecule has 0 radical (unpaired) electrons. The Balaban J connectivity index is 0.000000285. The summed E-state index contributed by atoms with van der Waals surface area (Å²) in [6.45, 7) is 2.21. The molecule has 34 nitrogen and oxygen atoms in total. The van der Waals surface area contributed by atoms with Crippen LogP contribution in [0.15, 0.2) is 161 Å². The number of rotatable bonds is 33. The molecule has 2 amide bonds. The van der Waals surface area contributed by atoms with E-state index >= 15 is 0 Å². The summed E-state index contributed by atoms with van der Waals surface area (Å²) in [6.07, 6.45) is 13.4. The number of carbonyl (C=O) groups excluding carboxylic acids is 4. The Hall–Kier alpha value is -12.5. The molecule has 6 aromatic rings. The van der Waals surface area contributed by atoms with E-state index in [1.807, 2.05) is 148 Å². The molecule has 3 heterocycles. The number of hydrogen-bond acceptors (Lipinski definition) is 29. The monoisotopic (exact) mass is 2300 g/mol. The quantitative estimate of drug-likeness (QED) is 0.0131. The Bertz CT molecular complexity index is 5630. The van der Waals surface area contributed by atoms with Gasteiger partial charge >= 0.3 is 68.2 Å². The van der Waals surface area contributed by atoms with Crippen LogP contribution in [0.25, 0.3) is 16.7 Å². The van der Waals surface area contributed by atoms with Crippen LogP contribution in [0.1, 0.15) is 86.8 Å². The number of hydroxylamine groups is 2. The van der Waals surface area contributed by atoms with E-state index in [0.717, 1.165) is 34.2 Å². The van der Waals surface area contributed by atoms with Crippen LogP contribution in [0, 0.1) is 11.8 Å². The standard InChI is InChI=1S/C39H49N4O10.C35H45N3O8.C28H33O9.2CH4.I3/c1-40(2)24-17-27(47-5)35(28(18-24)48-6)38(36-29(49-7)19-25(41(3)4)20-30(36)50-8)37-31(51-9)21-26(22-32(37)52-10)42-15-13-23(14-16-42)39(46)53-43-33(44)11-12-34(43)45;1-36(2)22-15-25(41-5)31(26(16-22)42-6)34(32-27(43-7)17-23(37(3)4)18-28(32)44-8)33-29(45-9)19-24(20-30(33)46-10)38-13-11-21(12-14-38)35(39)40;1-29-16-10-19(32-4)25(20(11-16)33-5)28(26-21(34-6)12-17(30-2)13-22(26)35-7)27-23(36-8)14-18(31-3)15-24(27)37-9;;;1-3-2/h17-23H,11-16H2,1-10H3;15-21H,11-14H2,1-10H3;10-15H,1-9H3;2*1H4;/q+1;;+1;;;-1/p+1. The number of anilines is 4. The van der Waals surface area contributed by atoms with Gasteiger partial charge in [-0.3, -0.25) is 18.8 Å². The van der Waals surface area contributed by atoms with Crippen molar-refractivity contribution in [3.8, 4) is 80.5 Å². The first-order valence-corrected chi connectivity index (χ1v) is 56.3. The minimum atomic E-state index is -0.754. The zero-order chi connectivity index (χ0) is 102. The van der Waals surface area contributed by atoms with Crippen molar-refractivity contribution in [3.05, 3.63) is 194 Å². The Morgan fingerprint density at radius 2 is 0.624 bits per heavy atom. The van der Waals surface area contributed by atoms with E-state index in [1.54, 1.807) is 186 Å². The molecular formula is C104H136I3N7O27+2. The molecule has 0 unspecified atom stereocenters. The van der Waals surface area contributed by atoms with Gasteiger partial charge in [0.2, 0.25) is 11.4 Å². The molecule has 3 aliphatic carbocycles. The Morgan fingerprint density at radius 3 is 0.858 bits per heavy atom. The van der Waals surface area contributed by atoms with Gasteiger partial charge in [-0.1, -0.05) is 14.9 Å². The summed E-state index contributed by atoms with van der Waals surface area (Å²) in [5, 5.41) is 10.1. The van der Waals surface area contributed by atoms with E-state index in [-0.39, 0.29) is 33.6 Å². The average Bonchev–Trinajstić information content (AvgIpc) is 0.997. The third-order valence-corrected chi connectivity index (χ3v) is 24.0. The fourth-order valence-corrected chi connectivity index (χ4v) is 16.7. The molecule has 141 heavy (non-hydrogen) atoms. The first-order valence-electron chi connectivity index (χ1n) is 43.8. The Kier molecular flexibility index (Phi) is 44.1.